The summed E-state index contributed by atoms with van der Waals surface area (Å²) in [5, 5.41) is 11.3. The predicted octanol–water partition coefficient (Wildman–Crippen LogP) is 0.939. The van der Waals surface area contributed by atoms with E-state index in [0.717, 1.165) is 0 Å². The van der Waals surface area contributed by atoms with Gasteiger partial charge in [0.2, 0.25) is 5.91 Å². The molecule has 1 amide bonds. The van der Waals surface area contributed by atoms with Gasteiger partial charge in [0.05, 0.1) is 18.1 Å². The summed E-state index contributed by atoms with van der Waals surface area (Å²) in [5.41, 5.74) is 5.46. The van der Waals surface area contributed by atoms with Crippen LogP contribution in [0.1, 0.15) is 0 Å². The number of benzene rings is 1. The van der Waals surface area contributed by atoms with Crippen LogP contribution in [0.5, 0.6) is 0 Å². The van der Waals surface area contributed by atoms with E-state index < -0.39 is 16.9 Å². The highest BCUT2D eigenvalue weighted by molar-refractivity contribution is 6.30. The molecule has 1 heterocycles. The Labute approximate surface area is 114 Å². The van der Waals surface area contributed by atoms with Crippen molar-refractivity contribution in [3.8, 4) is 0 Å². The highest BCUT2D eigenvalue weighted by Crippen LogP contribution is 2.32. The van der Waals surface area contributed by atoms with E-state index in [1.807, 2.05) is 0 Å². The number of primary amides is 1. The number of nitrogens with two attached hydrogens (primary N) is 1. The minimum Gasteiger partial charge on any atom is -0.377 e. The van der Waals surface area contributed by atoms with Crippen molar-refractivity contribution in [1.29, 1.82) is 0 Å². The molecule has 1 aromatic carbocycles. The number of carbonyl (C=O) groups is 1. The number of amides is 1. The third-order valence-electron chi connectivity index (χ3n) is 2.90. The number of carbonyl (C=O) groups excluding carboxylic acids is 1. The van der Waals surface area contributed by atoms with Gasteiger partial charge < -0.3 is 15.4 Å². The molecule has 1 aromatic rings. The molecule has 1 saturated heterocycles. The van der Waals surface area contributed by atoms with E-state index in [1.54, 1.807) is 4.90 Å². The average Bonchev–Trinajstić information content (AvgIpc) is 2.38. The Kier molecular flexibility index (Phi) is 3.87. The fourth-order valence-electron chi connectivity index (χ4n) is 2.01. The number of halogens is 1. The van der Waals surface area contributed by atoms with Crippen LogP contribution in [0.25, 0.3) is 0 Å². The van der Waals surface area contributed by atoms with E-state index in [-0.39, 0.29) is 17.3 Å². The Balaban J connectivity index is 2.44. The molecule has 0 bridgehead atoms. The van der Waals surface area contributed by atoms with Crippen LogP contribution in [0.15, 0.2) is 18.2 Å². The summed E-state index contributed by atoms with van der Waals surface area (Å²) in [6.45, 7) is 0.856. The van der Waals surface area contributed by atoms with Gasteiger partial charge >= 0.3 is 0 Å². The minimum absolute atomic E-state index is 0.120. The van der Waals surface area contributed by atoms with Gasteiger partial charge in [-0.05, 0) is 12.1 Å². The van der Waals surface area contributed by atoms with Gasteiger partial charge in [-0.3, -0.25) is 14.9 Å². The molecule has 0 unspecified atom stereocenters. The monoisotopic (exact) mass is 285 g/mol. The van der Waals surface area contributed by atoms with Crippen molar-refractivity contribution >= 4 is 28.9 Å². The van der Waals surface area contributed by atoms with Crippen LogP contribution >= 0.6 is 11.6 Å². The summed E-state index contributed by atoms with van der Waals surface area (Å²) < 4.78 is 5.18. The maximum Gasteiger partial charge on any atom is 0.294 e. The van der Waals surface area contributed by atoms with Gasteiger partial charge in [-0.25, -0.2) is 0 Å². The van der Waals surface area contributed by atoms with Crippen LogP contribution in [0, 0.1) is 10.1 Å². The molecule has 7 nitrogen and oxygen atoms in total. The predicted molar refractivity (Wildman–Crippen MR) is 69.3 cm³/mol. The van der Waals surface area contributed by atoms with Crippen molar-refractivity contribution in [2.45, 2.75) is 6.04 Å². The lowest BCUT2D eigenvalue weighted by Gasteiger charge is -2.34. The molecule has 1 atom stereocenters. The zero-order chi connectivity index (χ0) is 14.0. The Morgan fingerprint density at radius 2 is 2.32 bits per heavy atom. The number of morpholine rings is 1. The smallest absolute Gasteiger partial charge is 0.294 e. The summed E-state index contributed by atoms with van der Waals surface area (Å²) >= 11 is 5.76. The fraction of sp³-hybridized carbons (Fsp3) is 0.364. The number of ether oxygens (including phenoxy) is 1. The third-order valence-corrected chi connectivity index (χ3v) is 3.14. The van der Waals surface area contributed by atoms with E-state index in [2.05, 4.69) is 0 Å². The quantitative estimate of drug-likeness (QED) is 0.658. The van der Waals surface area contributed by atoms with Gasteiger partial charge in [0.15, 0.2) is 0 Å². The molecular weight excluding hydrogens is 274 g/mol. The Morgan fingerprint density at radius 3 is 2.95 bits per heavy atom. The molecule has 1 aliphatic heterocycles. The fourth-order valence-corrected chi connectivity index (χ4v) is 2.18. The van der Waals surface area contributed by atoms with Crippen molar-refractivity contribution in [1.82, 2.24) is 0 Å². The van der Waals surface area contributed by atoms with Crippen LogP contribution in [-0.4, -0.2) is 36.6 Å². The normalized spacial score (nSPS) is 19.2. The molecule has 8 heteroatoms. The second-order valence-corrected chi connectivity index (χ2v) is 4.51. The van der Waals surface area contributed by atoms with Gasteiger partial charge in [0.25, 0.3) is 5.69 Å². The van der Waals surface area contributed by atoms with Crippen molar-refractivity contribution < 1.29 is 14.5 Å². The van der Waals surface area contributed by atoms with Crippen LogP contribution in [0.4, 0.5) is 11.4 Å². The largest absolute Gasteiger partial charge is 0.377 e. The first kappa shape index (κ1) is 13.6. The van der Waals surface area contributed by atoms with Crippen LogP contribution in [0.2, 0.25) is 5.02 Å². The van der Waals surface area contributed by atoms with Crippen LogP contribution in [0.3, 0.4) is 0 Å². The van der Waals surface area contributed by atoms with Gasteiger partial charge in [0.1, 0.15) is 11.7 Å². The average molecular weight is 286 g/mol. The molecule has 0 spiro atoms. The van der Waals surface area contributed by atoms with Crippen molar-refractivity contribution in [3.05, 3.63) is 33.3 Å². The van der Waals surface area contributed by atoms with Crippen LogP contribution < -0.4 is 10.6 Å². The molecule has 2 N–H and O–H groups in total. The lowest BCUT2D eigenvalue weighted by Crippen LogP contribution is -2.52. The van der Waals surface area contributed by atoms with Gasteiger partial charge in [-0.15, -0.1) is 0 Å². The minimum atomic E-state index is -0.714. The van der Waals surface area contributed by atoms with Crippen LogP contribution in [-0.2, 0) is 9.53 Å². The third kappa shape index (κ3) is 2.77. The summed E-state index contributed by atoms with van der Waals surface area (Å²) in [7, 11) is 0. The first-order valence-corrected chi connectivity index (χ1v) is 5.96. The van der Waals surface area contributed by atoms with E-state index in [9.17, 15) is 14.9 Å². The highest BCUT2D eigenvalue weighted by atomic mass is 35.5. The standard InChI is InChI=1S/C11H12ClN3O4/c12-7-1-2-8(9(5-7)15(17)18)14-3-4-19-6-10(14)11(13)16/h1-2,5,10H,3-4,6H2,(H2,13,16)/t10-/m0/s1. The summed E-state index contributed by atoms with van der Waals surface area (Å²) in [4.78, 5) is 23.5. The van der Waals surface area contributed by atoms with Crippen molar-refractivity contribution in [3.63, 3.8) is 0 Å². The molecule has 1 aliphatic rings. The van der Waals surface area contributed by atoms with Crippen molar-refractivity contribution in [2.75, 3.05) is 24.7 Å². The second-order valence-electron chi connectivity index (χ2n) is 4.08. The first-order chi connectivity index (χ1) is 9.00. The first-order valence-electron chi connectivity index (χ1n) is 5.58. The molecule has 0 radical (unpaired) electrons. The summed E-state index contributed by atoms with van der Waals surface area (Å²) in [5.74, 6) is -0.580. The van der Waals surface area contributed by atoms with Gasteiger partial charge in [0, 0.05) is 17.6 Å². The molecule has 0 aromatic heterocycles. The Bertz CT molecular complexity index is 523. The number of nitro benzene ring substituents is 1. The zero-order valence-electron chi connectivity index (χ0n) is 9.91. The molecule has 2 rings (SSSR count). The topological polar surface area (TPSA) is 98.7 Å². The molecular formula is C11H12ClN3O4. The maximum absolute atomic E-state index is 11.4. The Morgan fingerprint density at radius 1 is 1.58 bits per heavy atom. The van der Waals surface area contributed by atoms with Crippen molar-refractivity contribution in [2.24, 2.45) is 5.73 Å². The molecule has 1 fully saturated rings. The van der Waals surface area contributed by atoms with E-state index >= 15 is 0 Å². The summed E-state index contributed by atoms with van der Waals surface area (Å²) in [6.07, 6.45) is 0. The van der Waals surface area contributed by atoms with E-state index in [0.29, 0.717) is 18.8 Å². The maximum atomic E-state index is 11.4. The summed E-state index contributed by atoms with van der Waals surface area (Å²) in [6, 6.07) is 3.59. The Hall–Kier alpha value is -1.86. The number of nitro groups is 1. The number of hydrogen-bond donors (Lipinski definition) is 1. The molecule has 0 saturated carbocycles. The van der Waals surface area contributed by atoms with E-state index in [1.165, 1.54) is 18.2 Å². The molecule has 102 valence electrons. The highest BCUT2D eigenvalue weighted by Gasteiger charge is 2.32. The second kappa shape index (κ2) is 5.41. The lowest BCUT2D eigenvalue weighted by atomic mass is 10.1. The van der Waals surface area contributed by atoms with Gasteiger partial charge in [-0.1, -0.05) is 11.6 Å². The number of nitrogens with zero attached hydrogens (tertiary/aromatic N) is 2. The number of rotatable bonds is 3. The number of hydrogen-bond acceptors (Lipinski definition) is 5. The van der Waals surface area contributed by atoms with E-state index in [4.69, 9.17) is 22.1 Å². The zero-order valence-corrected chi connectivity index (χ0v) is 10.7. The molecule has 19 heavy (non-hydrogen) atoms. The lowest BCUT2D eigenvalue weighted by molar-refractivity contribution is -0.384. The number of anilines is 1. The van der Waals surface area contributed by atoms with Gasteiger partial charge in [-0.2, -0.15) is 0 Å². The SMILES string of the molecule is NC(=O)[C@@H]1COCCN1c1ccc(Cl)cc1[N+](=O)[O-]. The molecule has 0 aliphatic carbocycles.